The van der Waals surface area contributed by atoms with Crippen molar-refractivity contribution in [2.24, 2.45) is 5.73 Å². The maximum atomic E-state index is 10.5. The maximum Gasteiger partial charge on any atom is 0.320 e. The number of hydrogen-bond acceptors (Lipinski definition) is 2. The molecule has 0 fully saturated rings. The number of nitrogens with two attached hydrogens (primary N) is 1. The molecule has 1 unspecified atom stereocenters. The topological polar surface area (TPSA) is 63.3 Å². The van der Waals surface area contributed by atoms with Crippen LogP contribution in [0.1, 0.15) is 17.5 Å². The van der Waals surface area contributed by atoms with Crippen LogP contribution in [0.15, 0.2) is 24.3 Å². The van der Waals surface area contributed by atoms with Gasteiger partial charge in [0, 0.05) is 0 Å². The van der Waals surface area contributed by atoms with E-state index in [-0.39, 0.29) is 0 Å². The molecule has 76 valence electrons. The van der Waals surface area contributed by atoms with Crippen molar-refractivity contribution in [3.8, 4) is 0 Å². The molecule has 0 heterocycles. The first-order valence-corrected chi connectivity index (χ1v) is 4.64. The van der Waals surface area contributed by atoms with E-state index in [4.69, 9.17) is 10.8 Å². The third-order valence-corrected chi connectivity index (χ3v) is 2.30. The number of carbonyl (C=O) groups is 1. The molecule has 0 aliphatic heterocycles. The van der Waals surface area contributed by atoms with Gasteiger partial charge in [0.25, 0.3) is 0 Å². The molecule has 0 amide bonds. The predicted molar refractivity (Wildman–Crippen MR) is 55.1 cm³/mol. The summed E-state index contributed by atoms with van der Waals surface area (Å²) in [6.07, 6.45) is 1.21. The van der Waals surface area contributed by atoms with Gasteiger partial charge in [-0.25, -0.2) is 0 Å². The molecule has 0 aromatic heterocycles. The summed E-state index contributed by atoms with van der Waals surface area (Å²) < 4.78 is 0. The predicted octanol–water partition coefficient (Wildman–Crippen LogP) is 1.34. The minimum Gasteiger partial charge on any atom is -0.480 e. The van der Waals surface area contributed by atoms with E-state index in [0.717, 1.165) is 6.42 Å². The number of benzene rings is 1. The lowest BCUT2D eigenvalue weighted by molar-refractivity contribution is -0.138. The van der Waals surface area contributed by atoms with Gasteiger partial charge in [0.1, 0.15) is 6.04 Å². The standard InChI is InChI=1S/C11H15NO2/c1-8-4-2-3-5-9(8)6-7-10(12)11(13)14/h2-5,10H,6-7,12H2,1H3,(H,13,14). The van der Waals surface area contributed by atoms with Crippen molar-refractivity contribution in [2.45, 2.75) is 25.8 Å². The fourth-order valence-corrected chi connectivity index (χ4v) is 1.33. The molecular formula is C11H15NO2. The fourth-order valence-electron chi connectivity index (χ4n) is 1.33. The van der Waals surface area contributed by atoms with Crippen molar-refractivity contribution in [2.75, 3.05) is 0 Å². The van der Waals surface area contributed by atoms with Crippen LogP contribution < -0.4 is 5.73 Å². The van der Waals surface area contributed by atoms with Gasteiger partial charge in [0.05, 0.1) is 0 Å². The smallest absolute Gasteiger partial charge is 0.320 e. The Bertz CT molecular complexity index is 323. The Hall–Kier alpha value is -1.35. The Morgan fingerprint density at radius 2 is 2.14 bits per heavy atom. The Kier molecular flexibility index (Phi) is 3.65. The summed E-state index contributed by atoms with van der Waals surface area (Å²) in [7, 11) is 0. The second kappa shape index (κ2) is 4.77. The molecule has 3 heteroatoms. The quantitative estimate of drug-likeness (QED) is 0.758. The van der Waals surface area contributed by atoms with E-state index < -0.39 is 12.0 Å². The number of carboxylic acid groups (broad SMARTS) is 1. The van der Waals surface area contributed by atoms with Crippen molar-refractivity contribution in [1.82, 2.24) is 0 Å². The van der Waals surface area contributed by atoms with Gasteiger partial charge in [-0.05, 0) is 30.9 Å². The largest absolute Gasteiger partial charge is 0.480 e. The zero-order valence-electron chi connectivity index (χ0n) is 8.23. The van der Waals surface area contributed by atoms with Gasteiger partial charge in [-0.15, -0.1) is 0 Å². The second-order valence-electron chi connectivity index (χ2n) is 3.41. The highest BCUT2D eigenvalue weighted by atomic mass is 16.4. The summed E-state index contributed by atoms with van der Waals surface area (Å²) in [5.74, 6) is -0.932. The molecule has 0 spiro atoms. The Morgan fingerprint density at radius 1 is 1.50 bits per heavy atom. The van der Waals surface area contributed by atoms with E-state index in [1.54, 1.807) is 0 Å². The zero-order chi connectivity index (χ0) is 10.6. The third-order valence-electron chi connectivity index (χ3n) is 2.30. The number of hydrogen-bond donors (Lipinski definition) is 2. The average Bonchev–Trinajstić information content (AvgIpc) is 2.16. The van der Waals surface area contributed by atoms with Crippen LogP contribution in [-0.2, 0) is 11.2 Å². The van der Waals surface area contributed by atoms with E-state index in [9.17, 15) is 4.79 Å². The van der Waals surface area contributed by atoms with Crippen LogP contribution >= 0.6 is 0 Å². The number of aryl methyl sites for hydroxylation is 2. The normalized spacial score (nSPS) is 12.4. The van der Waals surface area contributed by atoms with Crippen LogP contribution in [0.2, 0.25) is 0 Å². The van der Waals surface area contributed by atoms with Crippen LogP contribution in [0.25, 0.3) is 0 Å². The van der Waals surface area contributed by atoms with Gasteiger partial charge >= 0.3 is 5.97 Å². The van der Waals surface area contributed by atoms with Gasteiger partial charge < -0.3 is 10.8 Å². The molecule has 0 saturated carbocycles. The molecule has 0 radical (unpaired) electrons. The van der Waals surface area contributed by atoms with Crippen molar-refractivity contribution >= 4 is 5.97 Å². The van der Waals surface area contributed by atoms with Crippen molar-refractivity contribution in [1.29, 1.82) is 0 Å². The van der Waals surface area contributed by atoms with E-state index >= 15 is 0 Å². The zero-order valence-corrected chi connectivity index (χ0v) is 8.23. The Labute approximate surface area is 83.6 Å². The highest BCUT2D eigenvalue weighted by Gasteiger charge is 2.11. The Balaban J connectivity index is 2.54. The van der Waals surface area contributed by atoms with E-state index in [1.807, 2.05) is 31.2 Å². The number of carboxylic acids is 1. The molecule has 0 aliphatic carbocycles. The highest BCUT2D eigenvalue weighted by Crippen LogP contribution is 2.10. The summed E-state index contributed by atoms with van der Waals surface area (Å²) >= 11 is 0. The van der Waals surface area contributed by atoms with E-state index in [1.165, 1.54) is 11.1 Å². The lowest BCUT2D eigenvalue weighted by atomic mass is 10.0. The molecule has 1 aromatic carbocycles. The summed E-state index contributed by atoms with van der Waals surface area (Å²) in [6.45, 7) is 2.02. The molecule has 0 bridgehead atoms. The van der Waals surface area contributed by atoms with E-state index in [0.29, 0.717) is 6.42 Å². The van der Waals surface area contributed by atoms with Crippen LogP contribution in [-0.4, -0.2) is 17.1 Å². The van der Waals surface area contributed by atoms with Gasteiger partial charge in [-0.3, -0.25) is 4.79 Å². The van der Waals surface area contributed by atoms with Gasteiger partial charge in [-0.2, -0.15) is 0 Å². The first kappa shape index (κ1) is 10.7. The molecule has 14 heavy (non-hydrogen) atoms. The number of aliphatic carboxylic acids is 1. The first-order chi connectivity index (χ1) is 6.61. The molecule has 0 aliphatic rings. The Morgan fingerprint density at radius 3 is 2.71 bits per heavy atom. The minimum absolute atomic E-state index is 0.486. The average molecular weight is 193 g/mol. The van der Waals surface area contributed by atoms with Gasteiger partial charge in [-0.1, -0.05) is 24.3 Å². The van der Waals surface area contributed by atoms with Gasteiger partial charge in [0.2, 0.25) is 0 Å². The summed E-state index contributed by atoms with van der Waals surface area (Å²) in [5.41, 5.74) is 7.77. The molecule has 1 atom stereocenters. The molecule has 3 nitrogen and oxygen atoms in total. The van der Waals surface area contributed by atoms with E-state index in [2.05, 4.69) is 0 Å². The monoisotopic (exact) mass is 193 g/mol. The molecule has 0 saturated heterocycles. The third kappa shape index (κ3) is 2.85. The van der Waals surface area contributed by atoms with Crippen LogP contribution in [0.3, 0.4) is 0 Å². The summed E-state index contributed by atoms with van der Waals surface area (Å²) in [4.78, 5) is 10.5. The van der Waals surface area contributed by atoms with Gasteiger partial charge in [0.15, 0.2) is 0 Å². The lowest BCUT2D eigenvalue weighted by Gasteiger charge is -2.07. The minimum atomic E-state index is -0.932. The maximum absolute atomic E-state index is 10.5. The summed E-state index contributed by atoms with van der Waals surface area (Å²) in [5, 5.41) is 8.60. The van der Waals surface area contributed by atoms with Crippen LogP contribution in [0.4, 0.5) is 0 Å². The number of rotatable bonds is 4. The van der Waals surface area contributed by atoms with Crippen molar-refractivity contribution in [3.63, 3.8) is 0 Å². The molecular weight excluding hydrogens is 178 g/mol. The molecule has 1 rings (SSSR count). The summed E-state index contributed by atoms with van der Waals surface area (Å²) in [6, 6.07) is 7.19. The fraction of sp³-hybridized carbons (Fsp3) is 0.364. The van der Waals surface area contributed by atoms with Crippen molar-refractivity contribution < 1.29 is 9.90 Å². The highest BCUT2D eigenvalue weighted by molar-refractivity contribution is 5.73. The molecule has 3 N–H and O–H groups in total. The first-order valence-electron chi connectivity index (χ1n) is 4.64. The van der Waals surface area contributed by atoms with Crippen LogP contribution in [0.5, 0.6) is 0 Å². The SMILES string of the molecule is Cc1ccccc1CCC(N)C(=O)O. The van der Waals surface area contributed by atoms with Crippen LogP contribution in [0, 0.1) is 6.92 Å². The molecule has 1 aromatic rings. The van der Waals surface area contributed by atoms with Crippen molar-refractivity contribution in [3.05, 3.63) is 35.4 Å². The second-order valence-corrected chi connectivity index (χ2v) is 3.41. The lowest BCUT2D eigenvalue weighted by Crippen LogP contribution is -2.30.